The Morgan fingerprint density at radius 1 is 1.38 bits per heavy atom. The van der Waals surface area contributed by atoms with Gasteiger partial charge in [0.05, 0.1) is 18.1 Å². The third-order valence-corrected chi connectivity index (χ3v) is 6.52. The first-order chi connectivity index (χ1) is 11.7. The standard InChI is InChI=1S/C20H22N2O2/c1-3-12-13-8-10-22-11-9-20(18(12)22)14-6-4-5-7-15(14)21-17(20)16(13)19(23)24-2/h3-7,13,18,21H,8-11H2,1-2H3/b12-3+/t13-,18-,20?/m0/s1. The van der Waals surface area contributed by atoms with Crippen molar-refractivity contribution >= 4 is 11.7 Å². The molecule has 3 aliphatic heterocycles. The average Bonchev–Trinajstić information content (AvgIpc) is 3.17. The van der Waals surface area contributed by atoms with Crippen LogP contribution in [0.5, 0.6) is 0 Å². The van der Waals surface area contributed by atoms with Crippen molar-refractivity contribution in [1.82, 2.24) is 4.90 Å². The van der Waals surface area contributed by atoms with Crippen LogP contribution in [0, 0.1) is 5.92 Å². The highest BCUT2D eigenvalue weighted by molar-refractivity contribution is 5.94. The molecule has 4 heteroatoms. The van der Waals surface area contributed by atoms with Crippen molar-refractivity contribution < 1.29 is 9.53 Å². The maximum atomic E-state index is 12.7. The smallest absolute Gasteiger partial charge is 0.336 e. The molecule has 1 aromatic rings. The molecule has 2 fully saturated rings. The van der Waals surface area contributed by atoms with E-state index in [2.05, 4.69) is 47.5 Å². The first kappa shape index (κ1) is 14.3. The lowest BCUT2D eigenvalue weighted by Gasteiger charge is -2.49. The molecule has 1 N–H and O–H groups in total. The Kier molecular flexibility index (Phi) is 2.82. The number of esters is 1. The lowest BCUT2D eigenvalue weighted by molar-refractivity contribution is -0.137. The average molecular weight is 322 g/mol. The van der Waals surface area contributed by atoms with Crippen LogP contribution in [0.15, 0.2) is 47.2 Å². The van der Waals surface area contributed by atoms with Crippen LogP contribution in [-0.4, -0.2) is 37.1 Å². The molecular formula is C20H22N2O2. The number of piperidine rings is 1. The quantitative estimate of drug-likeness (QED) is 0.638. The van der Waals surface area contributed by atoms with Crippen LogP contribution in [0.2, 0.25) is 0 Å². The molecule has 3 atom stereocenters. The van der Waals surface area contributed by atoms with Crippen LogP contribution in [0.25, 0.3) is 0 Å². The number of methoxy groups -OCH3 is 1. The molecule has 0 saturated carbocycles. The summed E-state index contributed by atoms with van der Waals surface area (Å²) in [5.41, 5.74) is 5.76. The van der Waals surface area contributed by atoms with Crippen LogP contribution in [0.4, 0.5) is 5.69 Å². The van der Waals surface area contributed by atoms with E-state index in [-0.39, 0.29) is 17.3 Å². The van der Waals surface area contributed by atoms with Crippen LogP contribution in [-0.2, 0) is 14.9 Å². The van der Waals surface area contributed by atoms with Crippen molar-refractivity contribution in [2.24, 2.45) is 5.92 Å². The van der Waals surface area contributed by atoms with Gasteiger partial charge in [-0.1, -0.05) is 24.3 Å². The van der Waals surface area contributed by atoms with E-state index in [0.717, 1.165) is 42.9 Å². The Labute approximate surface area is 142 Å². The van der Waals surface area contributed by atoms with Crippen molar-refractivity contribution in [2.45, 2.75) is 31.2 Å². The van der Waals surface area contributed by atoms with Gasteiger partial charge in [-0.3, -0.25) is 4.90 Å². The maximum Gasteiger partial charge on any atom is 0.336 e. The molecule has 2 bridgehead atoms. The molecule has 4 nitrogen and oxygen atoms in total. The fourth-order valence-corrected chi connectivity index (χ4v) is 5.70. The van der Waals surface area contributed by atoms with Crippen LogP contribution in [0.1, 0.15) is 25.3 Å². The van der Waals surface area contributed by atoms with Crippen molar-refractivity contribution in [2.75, 3.05) is 25.5 Å². The zero-order chi connectivity index (χ0) is 16.5. The molecule has 0 radical (unpaired) electrons. The van der Waals surface area contributed by atoms with E-state index in [1.165, 1.54) is 18.2 Å². The van der Waals surface area contributed by atoms with Crippen LogP contribution >= 0.6 is 0 Å². The summed E-state index contributed by atoms with van der Waals surface area (Å²) in [6.07, 6.45) is 4.30. The van der Waals surface area contributed by atoms with Crippen LogP contribution < -0.4 is 5.32 Å². The second kappa shape index (κ2) is 4.73. The second-order valence-electron chi connectivity index (χ2n) is 7.24. The number of carbonyl (C=O) groups excluding carboxylic acids is 1. The molecule has 0 amide bonds. The van der Waals surface area contributed by atoms with Crippen molar-refractivity contribution in [1.29, 1.82) is 0 Å². The lowest BCUT2D eigenvalue weighted by atomic mass is 9.60. The summed E-state index contributed by atoms with van der Waals surface area (Å²) in [5, 5.41) is 3.62. The van der Waals surface area contributed by atoms with E-state index in [4.69, 9.17) is 4.74 Å². The van der Waals surface area contributed by atoms with Gasteiger partial charge in [-0.25, -0.2) is 4.79 Å². The summed E-state index contributed by atoms with van der Waals surface area (Å²) in [6, 6.07) is 8.92. The van der Waals surface area contributed by atoms with Gasteiger partial charge in [-0.05, 0) is 43.5 Å². The molecule has 1 spiro atoms. The van der Waals surface area contributed by atoms with Gasteiger partial charge >= 0.3 is 5.97 Å². The van der Waals surface area contributed by atoms with Gasteiger partial charge in [0.2, 0.25) is 0 Å². The minimum absolute atomic E-state index is 0.112. The first-order valence-electron chi connectivity index (χ1n) is 8.82. The van der Waals surface area contributed by atoms with E-state index in [9.17, 15) is 4.79 Å². The number of anilines is 1. The number of fused-ring (bicyclic) bond motifs is 2. The van der Waals surface area contributed by atoms with Gasteiger partial charge in [0.25, 0.3) is 0 Å². The Balaban J connectivity index is 1.86. The summed E-state index contributed by atoms with van der Waals surface area (Å²) < 4.78 is 5.21. The molecule has 2 saturated heterocycles. The molecule has 4 aliphatic rings. The molecule has 5 rings (SSSR count). The maximum absolute atomic E-state index is 12.7. The number of benzene rings is 1. The van der Waals surface area contributed by atoms with Gasteiger partial charge in [0.15, 0.2) is 0 Å². The zero-order valence-electron chi connectivity index (χ0n) is 14.1. The summed E-state index contributed by atoms with van der Waals surface area (Å²) in [6.45, 7) is 4.26. The molecule has 1 aromatic carbocycles. The number of hydrogen-bond acceptors (Lipinski definition) is 4. The van der Waals surface area contributed by atoms with E-state index in [1.54, 1.807) is 0 Å². The summed E-state index contributed by atoms with van der Waals surface area (Å²) in [7, 11) is 1.50. The number of nitrogens with zero attached hydrogens (tertiary/aromatic N) is 1. The topological polar surface area (TPSA) is 41.6 Å². The minimum atomic E-state index is -0.173. The third kappa shape index (κ3) is 1.46. The van der Waals surface area contributed by atoms with Crippen molar-refractivity contribution in [3.05, 3.63) is 52.7 Å². The summed E-state index contributed by atoms with van der Waals surface area (Å²) in [4.78, 5) is 15.3. The van der Waals surface area contributed by atoms with E-state index < -0.39 is 0 Å². The highest BCUT2D eigenvalue weighted by Gasteiger charge is 2.63. The van der Waals surface area contributed by atoms with E-state index in [0.29, 0.717) is 6.04 Å². The van der Waals surface area contributed by atoms with Gasteiger partial charge in [0.1, 0.15) is 0 Å². The monoisotopic (exact) mass is 322 g/mol. The number of rotatable bonds is 1. The summed E-state index contributed by atoms with van der Waals surface area (Å²) >= 11 is 0. The van der Waals surface area contributed by atoms with Crippen molar-refractivity contribution in [3.63, 3.8) is 0 Å². The SMILES string of the molecule is C/C=C1\[C@@H]2CCN3CCC4(C(=C2C(=O)OC)Nc2ccccc24)[C@H]13. The number of ether oxygens (including phenoxy) is 1. The molecule has 0 aromatic heterocycles. The van der Waals surface area contributed by atoms with Gasteiger partial charge in [-0.2, -0.15) is 0 Å². The Hall–Kier alpha value is -2.07. The minimum Gasteiger partial charge on any atom is -0.466 e. The predicted octanol–water partition coefficient (Wildman–Crippen LogP) is 2.83. The number of hydrogen-bond donors (Lipinski definition) is 1. The Bertz CT molecular complexity index is 810. The highest BCUT2D eigenvalue weighted by atomic mass is 16.5. The molecule has 1 aliphatic carbocycles. The highest BCUT2D eigenvalue weighted by Crippen LogP contribution is 2.61. The van der Waals surface area contributed by atoms with Gasteiger partial charge in [-0.15, -0.1) is 0 Å². The third-order valence-electron chi connectivity index (χ3n) is 6.52. The molecule has 124 valence electrons. The molecule has 3 heterocycles. The van der Waals surface area contributed by atoms with Gasteiger partial charge < -0.3 is 10.1 Å². The van der Waals surface area contributed by atoms with Crippen LogP contribution in [0.3, 0.4) is 0 Å². The number of carbonyl (C=O) groups is 1. The lowest BCUT2D eigenvalue weighted by Crippen LogP contribution is -2.54. The predicted molar refractivity (Wildman–Crippen MR) is 92.6 cm³/mol. The normalized spacial score (nSPS) is 34.8. The Morgan fingerprint density at radius 3 is 3.00 bits per heavy atom. The molecular weight excluding hydrogens is 300 g/mol. The van der Waals surface area contributed by atoms with Crippen molar-refractivity contribution in [3.8, 4) is 0 Å². The van der Waals surface area contributed by atoms with E-state index >= 15 is 0 Å². The number of para-hydroxylation sites is 1. The Morgan fingerprint density at radius 2 is 2.21 bits per heavy atom. The fourth-order valence-electron chi connectivity index (χ4n) is 5.70. The van der Waals surface area contributed by atoms with E-state index in [1.807, 2.05) is 0 Å². The summed E-state index contributed by atoms with van der Waals surface area (Å²) in [5.74, 6) is 0.0135. The number of allylic oxidation sites excluding steroid dienone is 1. The fraction of sp³-hybridized carbons (Fsp3) is 0.450. The molecule has 24 heavy (non-hydrogen) atoms. The van der Waals surface area contributed by atoms with Gasteiger partial charge in [0, 0.05) is 29.9 Å². The zero-order valence-corrected chi connectivity index (χ0v) is 14.1. The first-order valence-corrected chi connectivity index (χ1v) is 8.82. The second-order valence-corrected chi connectivity index (χ2v) is 7.24. The molecule has 1 unspecified atom stereocenters. The largest absolute Gasteiger partial charge is 0.466 e. The number of nitrogens with one attached hydrogen (secondary N) is 1.